The lowest BCUT2D eigenvalue weighted by Crippen LogP contribution is -2.25. The van der Waals surface area contributed by atoms with Gasteiger partial charge in [0.15, 0.2) is 0 Å². The van der Waals surface area contributed by atoms with Crippen molar-refractivity contribution in [2.24, 2.45) is 0 Å². The van der Waals surface area contributed by atoms with E-state index in [1.807, 2.05) is 68.5 Å². The molecule has 0 bridgehead atoms. The number of hydrogen-bond acceptors (Lipinski definition) is 2. The Balaban J connectivity index is 1.68. The first-order chi connectivity index (χ1) is 11.1. The van der Waals surface area contributed by atoms with Crippen molar-refractivity contribution in [1.82, 2.24) is 15.3 Å². The second kappa shape index (κ2) is 6.48. The highest BCUT2D eigenvalue weighted by molar-refractivity contribution is 5.92. The summed E-state index contributed by atoms with van der Waals surface area (Å²) in [5.41, 5.74) is 4.05. The highest BCUT2D eigenvalue weighted by Crippen LogP contribution is 2.15. The summed E-state index contributed by atoms with van der Waals surface area (Å²) in [4.78, 5) is 19.8. The second-order valence-corrected chi connectivity index (χ2v) is 5.56. The zero-order chi connectivity index (χ0) is 16.2. The number of para-hydroxylation sites is 2. The Morgan fingerprint density at radius 3 is 2.70 bits per heavy atom. The number of carbonyl (C=O) groups is 1. The Labute approximate surface area is 135 Å². The third-order valence-corrected chi connectivity index (χ3v) is 3.78. The minimum absolute atomic E-state index is 0.138. The smallest absolute Gasteiger partial charge is 0.244 e. The SMILES string of the molecule is Cc1ccccc1C=CC(=O)NC(C)c1nc2ccccc2[nH]1. The van der Waals surface area contributed by atoms with Crippen LogP contribution in [-0.2, 0) is 4.79 Å². The Morgan fingerprint density at radius 1 is 1.17 bits per heavy atom. The van der Waals surface area contributed by atoms with Crippen LogP contribution < -0.4 is 5.32 Å². The highest BCUT2D eigenvalue weighted by Gasteiger charge is 2.12. The van der Waals surface area contributed by atoms with Crippen molar-refractivity contribution in [3.63, 3.8) is 0 Å². The largest absolute Gasteiger partial charge is 0.343 e. The number of nitrogens with zero attached hydrogens (tertiary/aromatic N) is 1. The van der Waals surface area contributed by atoms with Gasteiger partial charge in [0.2, 0.25) is 5.91 Å². The van der Waals surface area contributed by atoms with Crippen LogP contribution in [0, 0.1) is 6.92 Å². The van der Waals surface area contributed by atoms with Gasteiger partial charge >= 0.3 is 0 Å². The lowest BCUT2D eigenvalue weighted by Gasteiger charge is -2.09. The molecule has 0 fully saturated rings. The van der Waals surface area contributed by atoms with Gasteiger partial charge in [-0.3, -0.25) is 4.79 Å². The van der Waals surface area contributed by atoms with E-state index < -0.39 is 0 Å². The molecular formula is C19H19N3O. The topological polar surface area (TPSA) is 57.8 Å². The van der Waals surface area contributed by atoms with Crippen LogP contribution in [0.2, 0.25) is 0 Å². The molecule has 0 spiro atoms. The van der Waals surface area contributed by atoms with Crippen LogP contribution in [0.25, 0.3) is 17.1 Å². The van der Waals surface area contributed by atoms with E-state index in [-0.39, 0.29) is 11.9 Å². The zero-order valence-corrected chi connectivity index (χ0v) is 13.2. The van der Waals surface area contributed by atoms with Gasteiger partial charge < -0.3 is 10.3 Å². The molecule has 0 saturated heterocycles. The van der Waals surface area contributed by atoms with Gasteiger partial charge in [-0.05, 0) is 43.2 Å². The van der Waals surface area contributed by atoms with Crippen molar-refractivity contribution in [2.75, 3.05) is 0 Å². The van der Waals surface area contributed by atoms with Gasteiger partial charge in [0, 0.05) is 6.08 Å². The van der Waals surface area contributed by atoms with Gasteiger partial charge in [-0.15, -0.1) is 0 Å². The Morgan fingerprint density at radius 2 is 1.91 bits per heavy atom. The van der Waals surface area contributed by atoms with Crippen molar-refractivity contribution in [2.45, 2.75) is 19.9 Å². The number of imidazole rings is 1. The molecule has 1 heterocycles. The molecule has 116 valence electrons. The predicted molar refractivity (Wildman–Crippen MR) is 92.9 cm³/mol. The predicted octanol–water partition coefficient (Wildman–Crippen LogP) is 3.76. The van der Waals surface area contributed by atoms with E-state index in [1.165, 1.54) is 0 Å². The van der Waals surface area contributed by atoms with Crippen molar-refractivity contribution in [3.05, 3.63) is 71.6 Å². The number of aromatic nitrogens is 2. The first-order valence-corrected chi connectivity index (χ1v) is 7.62. The molecule has 0 aliphatic carbocycles. The Bertz CT molecular complexity index is 831. The minimum atomic E-state index is -0.184. The number of benzene rings is 2. The lowest BCUT2D eigenvalue weighted by molar-refractivity contribution is -0.117. The average Bonchev–Trinajstić information content (AvgIpc) is 2.98. The molecule has 2 aromatic carbocycles. The number of amides is 1. The fourth-order valence-corrected chi connectivity index (χ4v) is 2.45. The van der Waals surface area contributed by atoms with Gasteiger partial charge in [0.1, 0.15) is 5.82 Å². The third kappa shape index (κ3) is 3.48. The van der Waals surface area contributed by atoms with Crippen molar-refractivity contribution >= 4 is 23.0 Å². The van der Waals surface area contributed by atoms with E-state index in [0.29, 0.717) is 0 Å². The number of carbonyl (C=O) groups excluding carboxylic acids is 1. The summed E-state index contributed by atoms with van der Waals surface area (Å²) in [7, 11) is 0. The molecule has 23 heavy (non-hydrogen) atoms. The molecule has 0 aliphatic heterocycles. The van der Waals surface area contributed by atoms with Gasteiger partial charge in [-0.1, -0.05) is 36.4 Å². The molecule has 0 aliphatic rings. The molecule has 1 atom stereocenters. The number of H-pyrrole nitrogens is 1. The lowest BCUT2D eigenvalue weighted by atomic mass is 10.1. The average molecular weight is 305 g/mol. The maximum atomic E-state index is 12.1. The van der Waals surface area contributed by atoms with Crippen LogP contribution in [0.4, 0.5) is 0 Å². The van der Waals surface area contributed by atoms with Crippen LogP contribution in [-0.4, -0.2) is 15.9 Å². The summed E-state index contributed by atoms with van der Waals surface area (Å²) in [5.74, 6) is 0.616. The molecule has 0 radical (unpaired) electrons. The molecule has 2 N–H and O–H groups in total. The van der Waals surface area contributed by atoms with Gasteiger partial charge in [0.25, 0.3) is 0 Å². The van der Waals surface area contributed by atoms with Crippen LogP contribution in [0.5, 0.6) is 0 Å². The fourth-order valence-electron chi connectivity index (χ4n) is 2.45. The number of fused-ring (bicyclic) bond motifs is 1. The molecule has 4 heteroatoms. The van der Waals surface area contributed by atoms with Crippen molar-refractivity contribution in [1.29, 1.82) is 0 Å². The van der Waals surface area contributed by atoms with Crippen LogP contribution in [0.3, 0.4) is 0 Å². The molecule has 3 rings (SSSR count). The zero-order valence-electron chi connectivity index (χ0n) is 13.2. The van der Waals surface area contributed by atoms with Crippen LogP contribution in [0.15, 0.2) is 54.6 Å². The van der Waals surface area contributed by atoms with Gasteiger partial charge in [-0.2, -0.15) is 0 Å². The van der Waals surface area contributed by atoms with E-state index in [4.69, 9.17) is 0 Å². The summed E-state index contributed by atoms with van der Waals surface area (Å²) in [6.07, 6.45) is 3.39. The fraction of sp³-hybridized carbons (Fsp3) is 0.158. The summed E-state index contributed by atoms with van der Waals surface area (Å²) in [5, 5.41) is 2.93. The number of nitrogens with one attached hydrogen (secondary N) is 2. The summed E-state index contributed by atoms with van der Waals surface area (Å²) in [6.45, 7) is 3.94. The van der Waals surface area contributed by atoms with Gasteiger partial charge in [0.05, 0.1) is 17.1 Å². The quantitative estimate of drug-likeness (QED) is 0.721. The summed E-state index contributed by atoms with van der Waals surface area (Å²) in [6, 6.07) is 15.6. The maximum absolute atomic E-state index is 12.1. The van der Waals surface area contributed by atoms with Crippen molar-refractivity contribution in [3.8, 4) is 0 Å². The highest BCUT2D eigenvalue weighted by atomic mass is 16.1. The van der Waals surface area contributed by atoms with E-state index in [0.717, 1.165) is 28.0 Å². The second-order valence-electron chi connectivity index (χ2n) is 5.56. The standard InChI is InChI=1S/C19H19N3O/c1-13-7-3-4-8-15(13)11-12-18(23)20-14(2)19-21-16-9-5-6-10-17(16)22-19/h3-12,14H,1-2H3,(H,20,23)(H,21,22). The first kappa shape index (κ1) is 15.0. The molecule has 1 unspecified atom stereocenters. The van der Waals surface area contributed by atoms with E-state index >= 15 is 0 Å². The number of aryl methyl sites for hydroxylation is 1. The molecule has 1 aromatic heterocycles. The first-order valence-electron chi connectivity index (χ1n) is 7.62. The van der Waals surface area contributed by atoms with E-state index in [1.54, 1.807) is 6.08 Å². The summed E-state index contributed by atoms with van der Waals surface area (Å²) < 4.78 is 0. The molecule has 3 aromatic rings. The minimum Gasteiger partial charge on any atom is -0.343 e. The monoisotopic (exact) mass is 305 g/mol. The third-order valence-electron chi connectivity index (χ3n) is 3.78. The number of aromatic amines is 1. The normalized spacial score (nSPS) is 12.6. The Hall–Kier alpha value is -2.88. The Kier molecular flexibility index (Phi) is 4.24. The maximum Gasteiger partial charge on any atom is 0.244 e. The molecular weight excluding hydrogens is 286 g/mol. The number of hydrogen-bond donors (Lipinski definition) is 2. The molecule has 4 nitrogen and oxygen atoms in total. The molecule has 1 amide bonds. The number of rotatable bonds is 4. The van der Waals surface area contributed by atoms with Crippen LogP contribution in [0.1, 0.15) is 29.9 Å². The van der Waals surface area contributed by atoms with Crippen molar-refractivity contribution < 1.29 is 4.79 Å². The van der Waals surface area contributed by atoms with E-state index in [2.05, 4.69) is 15.3 Å². The van der Waals surface area contributed by atoms with E-state index in [9.17, 15) is 4.79 Å². The molecule has 0 saturated carbocycles. The van der Waals surface area contributed by atoms with Gasteiger partial charge in [-0.25, -0.2) is 4.98 Å². The summed E-state index contributed by atoms with van der Waals surface area (Å²) >= 11 is 0. The van der Waals surface area contributed by atoms with Crippen LogP contribution >= 0.6 is 0 Å².